The SMILES string of the molecule is CC(C)CCSC(C)C(=O)Nc1c(N)cc(Cl)cc1Cl. The van der Waals surface area contributed by atoms with E-state index in [4.69, 9.17) is 28.9 Å². The molecular weight excluding hydrogens is 315 g/mol. The number of nitrogens with one attached hydrogen (secondary N) is 1. The molecule has 0 saturated carbocycles. The highest BCUT2D eigenvalue weighted by Gasteiger charge is 2.16. The van der Waals surface area contributed by atoms with E-state index in [1.807, 2.05) is 6.92 Å². The van der Waals surface area contributed by atoms with Crippen LogP contribution < -0.4 is 11.1 Å². The van der Waals surface area contributed by atoms with Crippen LogP contribution in [0.2, 0.25) is 10.0 Å². The molecule has 1 amide bonds. The summed E-state index contributed by atoms with van der Waals surface area (Å²) < 4.78 is 0. The van der Waals surface area contributed by atoms with E-state index in [9.17, 15) is 4.79 Å². The lowest BCUT2D eigenvalue weighted by atomic mass is 10.2. The van der Waals surface area contributed by atoms with E-state index in [-0.39, 0.29) is 11.2 Å². The fourth-order valence-corrected chi connectivity index (χ4v) is 3.23. The largest absolute Gasteiger partial charge is 0.397 e. The molecule has 6 heteroatoms. The van der Waals surface area contributed by atoms with Crippen LogP contribution in [0.15, 0.2) is 12.1 Å². The fraction of sp³-hybridized carbons (Fsp3) is 0.500. The van der Waals surface area contributed by atoms with Crippen LogP contribution in [0.1, 0.15) is 27.2 Å². The van der Waals surface area contributed by atoms with Gasteiger partial charge in [-0.15, -0.1) is 11.8 Å². The van der Waals surface area contributed by atoms with Gasteiger partial charge in [0.2, 0.25) is 5.91 Å². The van der Waals surface area contributed by atoms with E-state index in [1.165, 1.54) is 0 Å². The number of carbonyl (C=O) groups is 1. The molecule has 1 atom stereocenters. The monoisotopic (exact) mass is 334 g/mol. The van der Waals surface area contributed by atoms with Crippen molar-refractivity contribution in [3.8, 4) is 0 Å². The third-order valence-electron chi connectivity index (χ3n) is 2.77. The maximum Gasteiger partial charge on any atom is 0.237 e. The smallest absolute Gasteiger partial charge is 0.237 e. The van der Waals surface area contributed by atoms with Crippen LogP contribution >= 0.6 is 35.0 Å². The second-order valence-corrected chi connectivity index (χ2v) is 7.33. The van der Waals surface area contributed by atoms with Crippen molar-refractivity contribution in [2.24, 2.45) is 5.92 Å². The molecule has 0 aliphatic rings. The molecule has 0 saturated heterocycles. The number of hydrogen-bond donors (Lipinski definition) is 2. The highest BCUT2D eigenvalue weighted by atomic mass is 35.5. The van der Waals surface area contributed by atoms with Crippen LogP contribution in [0.3, 0.4) is 0 Å². The molecule has 0 heterocycles. The van der Waals surface area contributed by atoms with Crippen molar-refractivity contribution in [2.45, 2.75) is 32.4 Å². The number of nitrogen functional groups attached to an aromatic ring is 1. The lowest BCUT2D eigenvalue weighted by molar-refractivity contribution is -0.115. The van der Waals surface area contributed by atoms with E-state index < -0.39 is 0 Å². The Kier molecular flexibility index (Phi) is 7.00. The third kappa shape index (κ3) is 5.43. The van der Waals surface area contributed by atoms with E-state index in [1.54, 1.807) is 23.9 Å². The van der Waals surface area contributed by atoms with Crippen LogP contribution in [0.25, 0.3) is 0 Å². The van der Waals surface area contributed by atoms with Crippen molar-refractivity contribution < 1.29 is 4.79 Å². The zero-order valence-electron chi connectivity index (χ0n) is 11.9. The molecule has 112 valence electrons. The van der Waals surface area contributed by atoms with Gasteiger partial charge >= 0.3 is 0 Å². The lowest BCUT2D eigenvalue weighted by Crippen LogP contribution is -2.23. The first-order valence-corrected chi connectivity index (χ1v) is 8.28. The lowest BCUT2D eigenvalue weighted by Gasteiger charge is -2.15. The Morgan fingerprint density at radius 3 is 2.55 bits per heavy atom. The number of benzene rings is 1. The first-order valence-electron chi connectivity index (χ1n) is 6.48. The Balaban J connectivity index is 2.62. The Morgan fingerprint density at radius 1 is 1.35 bits per heavy atom. The van der Waals surface area contributed by atoms with Crippen LogP contribution in [0.4, 0.5) is 11.4 Å². The van der Waals surface area contributed by atoms with Crippen molar-refractivity contribution in [2.75, 3.05) is 16.8 Å². The van der Waals surface area contributed by atoms with E-state index >= 15 is 0 Å². The molecule has 0 aliphatic carbocycles. The van der Waals surface area contributed by atoms with Crippen molar-refractivity contribution in [1.29, 1.82) is 0 Å². The summed E-state index contributed by atoms with van der Waals surface area (Å²) in [6.45, 7) is 6.21. The summed E-state index contributed by atoms with van der Waals surface area (Å²) in [6, 6.07) is 3.13. The van der Waals surface area contributed by atoms with Crippen LogP contribution in [0.5, 0.6) is 0 Å². The average Bonchev–Trinajstić information content (AvgIpc) is 2.32. The van der Waals surface area contributed by atoms with Crippen LogP contribution in [-0.4, -0.2) is 16.9 Å². The van der Waals surface area contributed by atoms with Gasteiger partial charge in [-0.25, -0.2) is 0 Å². The summed E-state index contributed by atoms with van der Waals surface area (Å²) in [7, 11) is 0. The molecule has 0 aliphatic heterocycles. The minimum absolute atomic E-state index is 0.102. The van der Waals surface area contributed by atoms with Gasteiger partial charge in [0, 0.05) is 5.02 Å². The summed E-state index contributed by atoms with van der Waals surface area (Å²) >= 11 is 13.5. The summed E-state index contributed by atoms with van der Waals surface area (Å²) in [5.41, 5.74) is 6.62. The summed E-state index contributed by atoms with van der Waals surface area (Å²) in [6.07, 6.45) is 1.09. The minimum Gasteiger partial charge on any atom is -0.397 e. The van der Waals surface area contributed by atoms with Crippen molar-refractivity contribution in [3.63, 3.8) is 0 Å². The molecule has 1 aromatic carbocycles. The van der Waals surface area contributed by atoms with E-state index in [0.717, 1.165) is 12.2 Å². The van der Waals surface area contributed by atoms with E-state index in [0.29, 0.717) is 27.3 Å². The molecule has 0 spiro atoms. The highest BCUT2D eigenvalue weighted by molar-refractivity contribution is 8.00. The number of carbonyl (C=O) groups excluding carboxylic acids is 1. The predicted octanol–water partition coefficient (Wildman–Crippen LogP) is 4.68. The molecular formula is C14H20Cl2N2OS. The molecule has 0 bridgehead atoms. The van der Waals surface area contributed by atoms with Gasteiger partial charge in [-0.3, -0.25) is 4.79 Å². The van der Waals surface area contributed by atoms with Gasteiger partial charge in [0.05, 0.1) is 21.6 Å². The third-order valence-corrected chi connectivity index (χ3v) is 4.47. The summed E-state index contributed by atoms with van der Waals surface area (Å²) in [5.74, 6) is 1.49. The maximum absolute atomic E-state index is 12.1. The number of hydrogen-bond acceptors (Lipinski definition) is 3. The van der Waals surface area contributed by atoms with Gasteiger partial charge in [0.15, 0.2) is 0 Å². The molecule has 3 nitrogen and oxygen atoms in total. The molecule has 1 rings (SSSR count). The van der Waals surface area contributed by atoms with Gasteiger partial charge in [-0.05, 0) is 37.1 Å². The number of thioether (sulfide) groups is 1. The minimum atomic E-state index is -0.153. The van der Waals surface area contributed by atoms with Crippen molar-refractivity contribution >= 4 is 52.2 Å². The number of amides is 1. The zero-order chi connectivity index (χ0) is 15.3. The van der Waals surface area contributed by atoms with Gasteiger partial charge in [-0.2, -0.15) is 0 Å². The molecule has 20 heavy (non-hydrogen) atoms. The molecule has 1 aromatic rings. The second-order valence-electron chi connectivity index (χ2n) is 5.04. The summed E-state index contributed by atoms with van der Waals surface area (Å²) in [4.78, 5) is 12.1. The van der Waals surface area contributed by atoms with Gasteiger partial charge in [0.25, 0.3) is 0 Å². The van der Waals surface area contributed by atoms with E-state index in [2.05, 4.69) is 19.2 Å². The number of halogens is 2. The molecule has 0 fully saturated rings. The Labute approximate surface area is 134 Å². The Bertz CT molecular complexity index is 457. The van der Waals surface area contributed by atoms with Crippen molar-refractivity contribution in [1.82, 2.24) is 0 Å². The van der Waals surface area contributed by atoms with Gasteiger partial charge in [-0.1, -0.05) is 37.0 Å². The Morgan fingerprint density at radius 2 is 2.00 bits per heavy atom. The molecule has 0 aromatic heterocycles. The second kappa shape index (κ2) is 8.01. The van der Waals surface area contributed by atoms with Crippen molar-refractivity contribution in [3.05, 3.63) is 22.2 Å². The quantitative estimate of drug-likeness (QED) is 0.742. The molecule has 1 unspecified atom stereocenters. The van der Waals surface area contributed by atoms with Gasteiger partial charge in [0.1, 0.15) is 0 Å². The summed E-state index contributed by atoms with van der Waals surface area (Å²) in [5, 5.41) is 3.41. The topological polar surface area (TPSA) is 55.1 Å². The zero-order valence-corrected chi connectivity index (χ0v) is 14.2. The Hall–Kier alpha value is -0.580. The molecule has 3 N–H and O–H groups in total. The normalized spacial score (nSPS) is 12.5. The molecule has 0 radical (unpaired) electrons. The standard InChI is InChI=1S/C14H20Cl2N2OS/c1-8(2)4-5-20-9(3)14(19)18-13-11(16)6-10(15)7-12(13)17/h6-9H,4-5,17H2,1-3H3,(H,18,19). The number of rotatable bonds is 6. The van der Waals surface area contributed by atoms with Gasteiger partial charge < -0.3 is 11.1 Å². The van der Waals surface area contributed by atoms with Crippen LogP contribution in [0, 0.1) is 5.92 Å². The average molecular weight is 335 g/mol. The number of nitrogens with two attached hydrogens (primary N) is 1. The van der Waals surface area contributed by atoms with Crippen LogP contribution in [-0.2, 0) is 4.79 Å². The fourth-order valence-electron chi connectivity index (χ4n) is 1.51. The maximum atomic E-state index is 12.1. The first kappa shape index (κ1) is 17.5. The predicted molar refractivity (Wildman–Crippen MR) is 90.9 cm³/mol. The highest BCUT2D eigenvalue weighted by Crippen LogP contribution is 2.32. The number of anilines is 2. The first-order chi connectivity index (χ1) is 9.31.